The summed E-state index contributed by atoms with van der Waals surface area (Å²) >= 11 is 11.6. The third kappa shape index (κ3) is 8.76. The molecular formula is C5H13Cl2NSi. The molecule has 0 aliphatic rings. The molecule has 0 aromatic carbocycles. The molecule has 0 aliphatic heterocycles. The van der Waals surface area contributed by atoms with Crippen molar-refractivity contribution in [2.24, 2.45) is 0 Å². The topological polar surface area (TPSA) is 12.0 Å². The molecule has 0 saturated carbocycles. The highest BCUT2D eigenvalue weighted by atomic mass is 35.7. The first-order valence-corrected chi connectivity index (χ1v) is 7.40. The Kier molecular flexibility index (Phi) is 3.02. The van der Waals surface area contributed by atoms with Gasteiger partial charge in [-0.25, -0.2) is 0 Å². The number of rotatable bonds is 1. The fourth-order valence-corrected chi connectivity index (χ4v) is 3.68. The van der Waals surface area contributed by atoms with Gasteiger partial charge in [-0.1, -0.05) is 0 Å². The minimum atomic E-state index is -2.10. The molecule has 0 fully saturated rings. The lowest BCUT2D eigenvalue weighted by molar-refractivity contribution is 0.520. The summed E-state index contributed by atoms with van der Waals surface area (Å²) in [6, 6.07) is 0. The van der Waals surface area contributed by atoms with E-state index in [0.717, 1.165) is 0 Å². The standard InChI is InChI=1S/C5H13Cl2NSi/c1-5(2,3)8-9(4,6)7/h8H,1-4H3. The lowest BCUT2D eigenvalue weighted by Gasteiger charge is -2.25. The summed E-state index contributed by atoms with van der Waals surface area (Å²) in [5, 5.41) is 0. The molecular weight excluding hydrogens is 173 g/mol. The van der Waals surface area contributed by atoms with E-state index in [0.29, 0.717) is 0 Å². The van der Waals surface area contributed by atoms with Crippen molar-refractivity contribution in [1.29, 1.82) is 0 Å². The number of halogens is 2. The molecule has 0 rings (SSSR count). The van der Waals surface area contributed by atoms with E-state index in [-0.39, 0.29) is 5.54 Å². The first-order valence-electron chi connectivity index (χ1n) is 2.88. The van der Waals surface area contributed by atoms with Gasteiger partial charge in [0.15, 0.2) is 0 Å². The van der Waals surface area contributed by atoms with Crippen LogP contribution >= 0.6 is 22.2 Å². The molecule has 0 aromatic rings. The molecule has 1 nitrogen and oxygen atoms in total. The summed E-state index contributed by atoms with van der Waals surface area (Å²) in [6.07, 6.45) is 0. The molecule has 0 amide bonds. The zero-order chi connectivity index (χ0) is 7.71. The molecule has 0 aromatic heterocycles. The van der Waals surface area contributed by atoms with Crippen molar-refractivity contribution in [3.8, 4) is 0 Å². The molecule has 0 aliphatic carbocycles. The zero-order valence-electron chi connectivity index (χ0n) is 6.26. The molecule has 1 N–H and O–H groups in total. The van der Waals surface area contributed by atoms with Crippen molar-refractivity contribution in [2.75, 3.05) is 0 Å². The average molecular weight is 186 g/mol. The first-order chi connectivity index (χ1) is 3.71. The van der Waals surface area contributed by atoms with Gasteiger partial charge in [-0.05, 0) is 27.3 Å². The predicted molar refractivity (Wildman–Crippen MR) is 46.2 cm³/mol. The first kappa shape index (κ1) is 9.76. The Balaban J connectivity index is 3.75. The van der Waals surface area contributed by atoms with E-state index in [1.54, 1.807) is 0 Å². The second-order valence-corrected chi connectivity index (χ2v) is 10.4. The molecule has 0 radical (unpaired) electrons. The second-order valence-electron chi connectivity index (χ2n) is 3.26. The van der Waals surface area contributed by atoms with Crippen molar-refractivity contribution in [3.05, 3.63) is 0 Å². The third-order valence-corrected chi connectivity index (χ3v) is 2.35. The highest BCUT2D eigenvalue weighted by molar-refractivity contribution is 7.43. The van der Waals surface area contributed by atoms with Crippen LogP contribution in [0.1, 0.15) is 20.8 Å². The monoisotopic (exact) mass is 185 g/mol. The van der Waals surface area contributed by atoms with Crippen molar-refractivity contribution in [2.45, 2.75) is 32.9 Å². The Hall–Kier alpha value is 0.757. The van der Waals surface area contributed by atoms with Crippen LogP contribution in [0.5, 0.6) is 0 Å². The SMILES string of the molecule is CC(C)(C)N[Si](C)(Cl)Cl. The molecule has 56 valence electrons. The van der Waals surface area contributed by atoms with Crippen LogP contribution in [0.25, 0.3) is 0 Å². The number of hydrogen-bond acceptors (Lipinski definition) is 1. The van der Waals surface area contributed by atoms with Crippen molar-refractivity contribution >= 4 is 29.0 Å². The Morgan fingerprint density at radius 2 is 1.56 bits per heavy atom. The molecule has 4 heteroatoms. The predicted octanol–water partition coefficient (Wildman–Crippen LogP) is 2.42. The molecule has 0 unspecified atom stereocenters. The van der Waals surface area contributed by atoms with Crippen molar-refractivity contribution in [1.82, 2.24) is 4.98 Å². The molecule has 0 heterocycles. The van der Waals surface area contributed by atoms with E-state index in [1.807, 2.05) is 27.3 Å². The van der Waals surface area contributed by atoms with Crippen LogP contribution in [0, 0.1) is 0 Å². The minimum Gasteiger partial charge on any atom is -0.309 e. The second kappa shape index (κ2) is 2.78. The maximum Gasteiger partial charge on any atom is 0.319 e. The third-order valence-electron chi connectivity index (χ3n) is 0.594. The van der Waals surface area contributed by atoms with Gasteiger partial charge in [0.1, 0.15) is 0 Å². The van der Waals surface area contributed by atoms with Gasteiger partial charge in [-0.3, -0.25) is 0 Å². The fourth-order valence-electron chi connectivity index (χ4n) is 0.658. The Bertz CT molecular complexity index is 80.1. The normalized spacial score (nSPS) is 14.0. The minimum absolute atomic E-state index is 0.0322. The van der Waals surface area contributed by atoms with Gasteiger partial charge in [-0.15, -0.1) is 22.2 Å². The largest absolute Gasteiger partial charge is 0.319 e. The Morgan fingerprint density at radius 1 is 1.22 bits per heavy atom. The number of nitrogens with one attached hydrogen (secondary N) is 1. The van der Waals surface area contributed by atoms with Gasteiger partial charge in [0.25, 0.3) is 0 Å². The van der Waals surface area contributed by atoms with E-state index >= 15 is 0 Å². The lowest BCUT2D eigenvalue weighted by Crippen LogP contribution is -2.49. The maximum atomic E-state index is 5.81. The zero-order valence-corrected chi connectivity index (χ0v) is 8.77. The van der Waals surface area contributed by atoms with Crippen LogP contribution < -0.4 is 4.98 Å². The lowest BCUT2D eigenvalue weighted by atomic mass is 10.1. The summed E-state index contributed by atoms with van der Waals surface area (Å²) in [7, 11) is 0. The molecule has 0 bridgehead atoms. The van der Waals surface area contributed by atoms with Crippen molar-refractivity contribution in [3.63, 3.8) is 0 Å². The van der Waals surface area contributed by atoms with Crippen LogP contribution in [-0.2, 0) is 0 Å². The van der Waals surface area contributed by atoms with Gasteiger partial charge in [-0.2, -0.15) is 0 Å². The van der Waals surface area contributed by atoms with Crippen LogP contribution in [0.3, 0.4) is 0 Å². The van der Waals surface area contributed by atoms with Gasteiger partial charge >= 0.3 is 6.86 Å². The average Bonchev–Trinajstić information content (AvgIpc) is 1.14. The summed E-state index contributed by atoms with van der Waals surface area (Å²) in [5.41, 5.74) is 0.0322. The molecule has 0 saturated heterocycles. The van der Waals surface area contributed by atoms with Crippen molar-refractivity contribution < 1.29 is 0 Å². The van der Waals surface area contributed by atoms with Crippen LogP contribution in [0.2, 0.25) is 6.55 Å². The van der Waals surface area contributed by atoms with E-state index in [9.17, 15) is 0 Å². The fraction of sp³-hybridized carbons (Fsp3) is 1.00. The van der Waals surface area contributed by atoms with Gasteiger partial charge in [0, 0.05) is 5.54 Å². The van der Waals surface area contributed by atoms with E-state index in [1.165, 1.54) is 0 Å². The summed E-state index contributed by atoms with van der Waals surface area (Å²) in [4.78, 5) is 3.13. The Labute approximate surface area is 67.2 Å². The maximum absolute atomic E-state index is 5.81. The summed E-state index contributed by atoms with van der Waals surface area (Å²) in [6.45, 7) is 5.88. The Morgan fingerprint density at radius 3 is 1.56 bits per heavy atom. The quantitative estimate of drug-likeness (QED) is 0.489. The summed E-state index contributed by atoms with van der Waals surface area (Å²) in [5.74, 6) is 0. The molecule has 9 heavy (non-hydrogen) atoms. The molecule has 0 atom stereocenters. The number of hydrogen-bond donors (Lipinski definition) is 1. The smallest absolute Gasteiger partial charge is 0.309 e. The van der Waals surface area contributed by atoms with Crippen LogP contribution in [-0.4, -0.2) is 12.4 Å². The van der Waals surface area contributed by atoms with Gasteiger partial charge in [0.2, 0.25) is 0 Å². The van der Waals surface area contributed by atoms with Gasteiger partial charge < -0.3 is 4.98 Å². The highest BCUT2D eigenvalue weighted by Crippen LogP contribution is 2.14. The van der Waals surface area contributed by atoms with E-state index < -0.39 is 6.86 Å². The van der Waals surface area contributed by atoms with E-state index in [2.05, 4.69) is 4.98 Å². The molecule has 0 spiro atoms. The van der Waals surface area contributed by atoms with Crippen LogP contribution in [0.4, 0.5) is 0 Å². The highest BCUT2D eigenvalue weighted by Gasteiger charge is 2.26. The van der Waals surface area contributed by atoms with Crippen LogP contribution in [0.15, 0.2) is 0 Å². The van der Waals surface area contributed by atoms with Gasteiger partial charge in [0.05, 0.1) is 0 Å². The van der Waals surface area contributed by atoms with E-state index in [4.69, 9.17) is 22.2 Å². The summed E-state index contributed by atoms with van der Waals surface area (Å²) < 4.78 is 0.